The Morgan fingerprint density at radius 3 is 2.48 bits per heavy atom. The minimum Gasteiger partial charge on any atom is -0.338 e. The molecule has 1 amide bonds. The van der Waals surface area contributed by atoms with Crippen LogP contribution in [0.15, 0.2) is 66.0 Å². The van der Waals surface area contributed by atoms with Gasteiger partial charge >= 0.3 is 0 Å². The summed E-state index contributed by atoms with van der Waals surface area (Å²) in [6.45, 7) is 6.32. The highest BCUT2D eigenvalue weighted by Gasteiger charge is 2.35. The Morgan fingerprint density at radius 1 is 1.18 bits per heavy atom. The van der Waals surface area contributed by atoms with Gasteiger partial charge in [0.2, 0.25) is 5.91 Å². The van der Waals surface area contributed by atoms with Crippen molar-refractivity contribution in [3.05, 3.63) is 66.4 Å². The van der Waals surface area contributed by atoms with Crippen molar-refractivity contribution in [1.29, 1.82) is 0 Å². The van der Waals surface area contributed by atoms with Gasteiger partial charge in [-0.1, -0.05) is 59.8 Å². The summed E-state index contributed by atoms with van der Waals surface area (Å²) in [7, 11) is -3.06. The maximum atomic E-state index is 13.3. The fourth-order valence-electron chi connectivity index (χ4n) is 4.23. The first-order valence-electron chi connectivity index (χ1n) is 11.2. The first-order chi connectivity index (χ1) is 15.8. The molecule has 6 nitrogen and oxygen atoms in total. The van der Waals surface area contributed by atoms with E-state index < -0.39 is 15.1 Å². The van der Waals surface area contributed by atoms with E-state index in [0.29, 0.717) is 13.0 Å². The zero-order valence-electron chi connectivity index (χ0n) is 19.1. The van der Waals surface area contributed by atoms with E-state index in [1.54, 1.807) is 4.90 Å². The fraction of sp³-hybridized carbons (Fsp3) is 0.360. The van der Waals surface area contributed by atoms with E-state index in [2.05, 4.69) is 40.7 Å². The number of thioether (sulfide) groups is 1. The average molecular weight is 484 g/mol. The normalized spacial score (nSPS) is 18.2. The molecule has 0 spiro atoms. The summed E-state index contributed by atoms with van der Waals surface area (Å²) < 4.78 is 26.0. The van der Waals surface area contributed by atoms with Crippen LogP contribution in [0.25, 0.3) is 16.9 Å². The molecule has 4 rings (SSSR count). The van der Waals surface area contributed by atoms with Crippen LogP contribution in [-0.2, 0) is 14.6 Å². The number of benzene rings is 2. The Labute approximate surface area is 199 Å². The number of imidazole rings is 1. The minimum absolute atomic E-state index is 0.0518. The maximum absolute atomic E-state index is 13.3. The first kappa shape index (κ1) is 23.6. The number of rotatable bonds is 7. The highest BCUT2D eigenvalue weighted by molar-refractivity contribution is 8.00. The Morgan fingerprint density at radius 2 is 1.88 bits per heavy atom. The smallest absolute Gasteiger partial charge is 0.236 e. The van der Waals surface area contributed by atoms with Gasteiger partial charge in [0.1, 0.15) is 0 Å². The Hall–Kier alpha value is -2.58. The van der Waals surface area contributed by atoms with E-state index in [-0.39, 0.29) is 23.5 Å². The van der Waals surface area contributed by atoms with Gasteiger partial charge in [-0.25, -0.2) is 13.4 Å². The van der Waals surface area contributed by atoms with Crippen LogP contribution in [0.2, 0.25) is 0 Å². The third kappa shape index (κ3) is 5.17. The number of aromatic nitrogens is 2. The van der Waals surface area contributed by atoms with Gasteiger partial charge in [-0.3, -0.25) is 9.36 Å². The second-order valence-corrected chi connectivity index (χ2v) is 11.9. The number of carbonyl (C=O) groups excluding carboxylic acids is 1. The van der Waals surface area contributed by atoms with Gasteiger partial charge in [0.25, 0.3) is 0 Å². The number of carbonyl (C=O) groups is 1. The molecule has 0 N–H and O–H groups in total. The van der Waals surface area contributed by atoms with Crippen molar-refractivity contribution in [3.63, 3.8) is 0 Å². The molecule has 1 aromatic heterocycles. The second-order valence-electron chi connectivity index (χ2n) is 8.40. The molecule has 0 bridgehead atoms. The summed E-state index contributed by atoms with van der Waals surface area (Å²) in [6.07, 6.45) is 2.36. The molecule has 0 aliphatic carbocycles. The monoisotopic (exact) mass is 483 g/mol. The van der Waals surface area contributed by atoms with Gasteiger partial charge in [0, 0.05) is 23.8 Å². The predicted molar refractivity (Wildman–Crippen MR) is 134 cm³/mol. The van der Waals surface area contributed by atoms with Crippen LogP contribution < -0.4 is 0 Å². The van der Waals surface area contributed by atoms with Crippen molar-refractivity contribution in [2.24, 2.45) is 0 Å². The number of nitrogens with zero attached hydrogens (tertiary/aromatic N) is 3. The molecule has 0 radical (unpaired) electrons. The number of aryl methyl sites for hydroxylation is 1. The summed E-state index contributed by atoms with van der Waals surface area (Å²) >= 11 is 1.41. The largest absolute Gasteiger partial charge is 0.338 e. The van der Waals surface area contributed by atoms with Crippen LogP contribution in [-0.4, -0.2) is 58.1 Å². The molecule has 1 aliphatic rings. The van der Waals surface area contributed by atoms with E-state index in [4.69, 9.17) is 0 Å². The summed E-state index contributed by atoms with van der Waals surface area (Å²) in [4.78, 5) is 19.7. The standard InChI is InChI=1S/C25H29N3O3S2/c1-4-27(22-14-15-33(30,31)17-22)24(29)19(3)32-25-26-16-23(20-12-10-18(2)11-13-20)28(25)21-8-6-5-7-9-21/h5-13,16,19,22H,4,14-15,17H2,1-3H3. The topological polar surface area (TPSA) is 72.3 Å². The van der Waals surface area contributed by atoms with Gasteiger partial charge < -0.3 is 4.90 Å². The van der Waals surface area contributed by atoms with Gasteiger partial charge in [0.05, 0.1) is 28.6 Å². The number of amides is 1. The summed E-state index contributed by atoms with van der Waals surface area (Å²) in [6, 6.07) is 18.1. The summed E-state index contributed by atoms with van der Waals surface area (Å²) in [5, 5.41) is 0.330. The molecule has 8 heteroatoms. The molecule has 2 unspecified atom stereocenters. The molecule has 0 saturated carbocycles. The molecule has 174 valence electrons. The van der Waals surface area contributed by atoms with E-state index in [9.17, 15) is 13.2 Å². The highest BCUT2D eigenvalue weighted by atomic mass is 32.2. The summed E-state index contributed by atoms with van der Waals surface area (Å²) in [5.74, 6) is 0.158. The SMILES string of the molecule is CCN(C(=O)C(C)Sc1ncc(-c2ccc(C)cc2)n1-c1ccccc1)C1CCS(=O)(=O)C1. The molecular formula is C25H29N3O3S2. The van der Waals surface area contributed by atoms with Gasteiger partial charge in [-0.05, 0) is 39.3 Å². The van der Waals surface area contributed by atoms with Crippen molar-refractivity contribution in [1.82, 2.24) is 14.5 Å². The Kier molecular flexibility index (Phi) is 6.95. The van der Waals surface area contributed by atoms with E-state index in [1.807, 2.05) is 50.4 Å². The molecule has 3 aromatic rings. The molecule has 33 heavy (non-hydrogen) atoms. The predicted octanol–water partition coefficient (Wildman–Crippen LogP) is 4.36. The van der Waals surface area contributed by atoms with Crippen molar-refractivity contribution >= 4 is 27.5 Å². The molecule has 2 atom stereocenters. The van der Waals surface area contributed by atoms with Crippen LogP contribution in [0.3, 0.4) is 0 Å². The van der Waals surface area contributed by atoms with Gasteiger partial charge in [0.15, 0.2) is 15.0 Å². The first-order valence-corrected chi connectivity index (χ1v) is 13.9. The fourth-order valence-corrected chi connectivity index (χ4v) is 6.94. The van der Waals surface area contributed by atoms with Crippen LogP contribution >= 0.6 is 11.8 Å². The zero-order valence-corrected chi connectivity index (χ0v) is 20.8. The van der Waals surface area contributed by atoms with Gasteiger partial charge in [-0.15, -0.1) is 0 Å². The molecule has 2 aromatic carbocycles. The molecule has 2 heterocycles. The quantitative estimate of drug-likeness (QED) is 0.467. The van der Waals surface area contributed by atoms with Crippen molar-refractivity contribution < 1.29 is 13.2 Å². The van der Waals surface area contributed by atoms with Crippen molar-refractivity contribution in [3.8, 4) is 16.9 Å². The summed E-state index contributed by atoms with van der Waals surface area (Å²) in [5.41, 5.74) is 4.17. The number of hydrogen-bond donors (Lipinski definition) is 0. The van der Waals surface area contributed by atoms with E-state index in [0.717, 1.165) is 22.1 Å². The van der Waals surface area contributed by atoms with Crippen LogP contribution in [0, 0.1) is 6.92 Å². The Bertz CT molecular complexity index is 1220. The maximum Gasteiger partial charge on any atom is 0.236 e. The highest BCUT2D eigenvalue weighted by Crippen LogP contribution is 2.33. The molecular weight excluding hydrogens is 454 g/mol. The van der Waals surface area contributed by atoms with E-state index in [1.165, 1.54) is 17.3 Å². The Balaban J connectivity index is 1.63. The van der Waals surface area contributed by atoms with Crippen LogP contribution in [0.1, 0.15) is 25.8 Å². The lowest BCUT2D eigenvalue weighted by Gasteiger charge is -2.29. The second kappa shape index (κ2) is 9.73. The third-order valence-electron chi connectivity index (χ3n) is 5.99. The number of sulfone groups is 1. The van der Waals surface area contributed by atoms with E-state index >= 15 is 0 Å². The molecule has 1 fully saturated rings. The number of para-hydroxylation sites is 1. The zero-order chi connectivity index (χ0) is 23.6. The average Bonchev–Trinajstić information content (AvgIpc) is 3.38. The lowest BCUT2D eigenvalue weighted by atomic mass is 10.1. The van der Waals surface area contributed by atoms with Crippen molar-refractivity contribution in [2.75, 3.05) is 18.1 Å². The van der Waals surface area contributed by atoms with Crippen LogP contribution in [0.5, 0.6) is 0 Å². The lowest BCUT2D eigenvalue weighted by Crippen LogP contribution is -2.44. The van der Waals surface area contributed by atoms with Gasteiger partial charge in [-0.2, -0.15) is 0 Å². The number of hydrogen-bond acceptors (Lipinski definition) is 5. The lowest BCUT2D eigenvalue weighted by molar-refractivity contribution is -0.131. The molecule has 1 saturated heterocycles. The minimum atomic E-state index is -3.06. The molecule has 1 aliphatic heterocycles. The van der Waals surface area contributed by atoms with Crippen molar-refractivity contribution in [2.45, 2.75) is 43.6 Å². The van der Waals surface area contributed by atoms with Crippen LogP contribution in [0.4, 0.5) is 0 Å². The third-order valence-corrected chi connectivity index (χ3v) is 8.80.